The van der Waals surface area contributed by atoms with Crippen LogP contribution >= 0.6 is 0 Å². The molecule has 66 valence electrons. The van der Waals surface area contributed by atoms with Crippen molar-refractivity contribution in [1.29, 1.82) is 0 Å². The summed E-state index contributed by atoms with van der Waals surface area (Å²) in [6.07, 6.45) is 2.69. The van der Waals surface area contributed by atoms with Crippen molar-refractivity contribution in [3.05, 3.63) is 24.0 Å². The molecule has 0 saturated heterocycles. The van der Waals surface area contributed by atoms with Gasteiger partial charge in [0.05, 0.1) is 6.20 Å². The molecule has 0 bridgehead atoms. The zero-order valence-corrected chi connectivity index (χ0v) is 7.29. The van der Waals surface area contributed by atoms with Gasteiger partial charge in [0.2, 0.25) is 0 Å². The van der Waals surface area contributed by atoms with Crippen molar-refractivity contribution in [1.82, 2.24) is 4.98 Å². The average molecular weight is 166 g/mol. The third-order valence-corrected chi connectivity index (χ3v) is 1.55. The predicted octanol–water partition coefficient (Wildman–Crippen LogP) is 0.982. The second-order valence-electron chi connectivity index (χ2n) is 2.48. The van der Waals surface area contributed by atoms with Crippen LogP contribution in [0.5, 0.6) is 5.75 Å². The van der Waals surface area contributed by atoms with Crippen molar-refractivity contribution in [3.8, 4) is 5.75 Å². The Morgan fingerprint density at radius 3 is 2.83 bits per heavy atom. The van der Waals surface area contributed by atoms with E-state index in [9.17, 15) is 0 Å². The second-order valence-corrected chi connectivity index (χ2v) is 2.48. The maximum Gasteiger partial charge on any atom is 0.137 e. The van der Waals surface area contributed by atoms with Gasteiger partial charge in [-0.1, -0.05) is 6.92 Å². The average Bonchev–Trinajstić information content (AvgIpc) is 2.15. The van der Waals surface area contributed by atoms with Gasteiger partial charge < -0.3 is 10.5 Å². The fourth-order valence-corrected chi connectivity index (χ4v) is 0.882. The Labute approximate surface area is 72.6 Å². The van der Waals surface area contributed by atoms with Gasteiger partial charge in [0.25, 0.3) is 0 Å². The molecule has 0 aliphatic heterocycles. The first-order chi connectivity index (χ1) is 5.86. The lowest BCUT2D eigenvalue weighted by atomic mass is 10.3. The maximum atomic E-state index is 5.29. The number of aromatic nitrogens is 1. The zero-order valence-electron chi connectivity index (χ0n) is 7.29. The number of rotatable bonds is 4. The highest BCUT2D eigenvalue weighted by Crippen LogP contribution is 2.08. The van der Waals surface area contributed by atoms with E-state index in [4.69, 9.17) is 10.5 Å². The monoisotopic (exact) mass is 166 g/mol. The quantitative estimate of drug-likeness (QED) is 0.725. The van der Waals surface area contributed by atoms with E-state index in [1.54, 1.807) is 6.20 Å². The van der Waals surface area contributed by atoms with Gasteiger partial charge in [-0.3, -0.25) is 4.98 Å². The van der Waals surface area contributed by atoms with Crippen LogP contribution in [0.15, 0.2) is 18.3 Å². The minimum atomic E-state index is 0.537. The smallest absolute Gasteiger partial charge is 0.137 e. The Balaban J connectivity index is 2.53. The maximum absolute atomic E-state index is 5.29. The Hall–Kier alpha value is -1.09. The van der Waals surface area contributed by atoms with E-state index in [1.807, 2.05) is 12.1 Å². The highest BCUT2D eigenvalue weighted by atomic mass is 16.5. The van der Waals surface area contributed by atoms with Crippen LogP contribution in [0.4, 0.5) is 0 Å². The van der Waals surface area contributed by atoms with Gasteiger partial charge in [0.15, 0.2) is 0 Å². The van der Waals surface area contributed by atoms with E-state index in [-0.39, 0.29) is 0 Å². The van der Waals surface area contributed by atoms with E-state index < -0.39 is 0 Å². The molecule has 0 radical (unpaired) electrons. The third kappa shape index (κ3) is 2.51. The summed E-state index contributed by atoms with van der Waals surface area (Å²) in [5.41, 5.74) is 6.37. The molecule has 0 fully saturated rings. The van der Waals surface area contributed by atoms with Crippen LogP contribution in [0.3, 0.4) is 0 Å². The van der Waals surface area contributed by atoms with Gasteiger partial charge in [-0.2, -0.15) is 0 Å². The fraction of sp³-hybridized carbons (Fsp3) is 0.444. The van der Waals surface area contributed by atoms with E-state index in [0.29, 0.717) is 13.2 Å². The Morgan fingerprint density at radius 2 is 2.33 bits per heavy atom. The number of hydrogen-bond donors (Lipinski definition) is 1. The van der Waals surface area contributed by atoms with Crippen molar-refractivity contribution in [2.45, 2.75) is 13.3 Å². The van der Waals surface area contributed by atoms with Crippen LogP contribution in [-0.2, 0) is 6.42 Å². The SMILES string of the molecule is CCc1ccc(OCCN)cn1. The fourth-order valence-electron chi connectivity index (χ4n) is 0.882. The lowest BCUT2D eigenvalue weighted by Gasteiger charge is -2.03. The summed E-state index contributed by atoms with van der Waals surface area (Å²) >= 11 is 0. The first-order valence-electron chi connectivity index (χ1n) is 4.14. The molecule has 0 amide bonds. The predicted molar refractivity (Wildman–Crippen MR) is 48.2 cm³/mol. The molecule has 1 aromatic heterocycles. The van der Waals surface area contributed by atoms with E-state index in [0.717, 1.165) is 17.9 Å². The number of pyridine rings is 1. The van der Waals surface area contributed by atoms with E-state index in [1.165, 1.54) is 0 Å². The summed E-state index contributed by atoms with van der Waals surface area (Å²) in [5.74, 6) is 0.789. The van der Waals surface area contributed by atoms with Crippen LogP contribution in [0, 0.1) is 0 Å². The Morgan fingerprint density at radius 1 is 1.50 bits per heavy atom. The molecule has 2 N–H and O–H groups in total. The topological polar surface area (TPSA) is 48.1 Å². The minimum Gasteiger partial charge on any atom is -0.491 e. The van der Waals surface area contributed by atoms with Crippen LogP contribution in [0.2, 0.25) is 0 Å². The summed E-state index contributed by atoms with van der Waals surface area (Å²) in [6, 6.07) is 3.88. The molecule has 0 spiro atoms. The molecule has 12 heavy (non-hydrogen) atoms. The van der Waals surface area contributed by atoms with E-state index >= 15 is 0 Å². The Bertz CT molecular complexity index is 220. The van der Waals surface area contributed by atoms with Crippen molar-refractivity contribution in [3.63, 3.8) is 0 Å². The minimum absolute atomic E-state index is 0.537. The van der Waals surface area contributed by atoms with Gasteiger partial charge in [0, 0.05) is 12.2 Å². The molecular weight excluding hydrogens is 152 g/mol. The van der Waals surface area contributed by atoms with Crippen molar-refractivity contribution in [2.75, 3.05) is 13.2 Å². The largest absolute Gasteiger partial charge is 0.491 e. The second kappa shape index (κ2) is 4.72. The lowest BCUT2D eigenvalue weighted by Crippen LogP contribution is -2.10. The number of nitrogens with two attached hydrogens (primary N) is 1. The van der Waals surface area contributed by atoms with Gasteiger partial charge in [-0.15, -0.1) is 0 Å². The van der Waals surface area contributed by atoms with Crippen LogP contribution in [-0.4, -0.2) is 18.1 Å². The summed E-state index contributed by atoms with van der Waals surface area (Å²) in [6.45, 7) is 3.16. The molecule has 0 atom stereocenters. The lowest BCUT2D eigenvalue weighted by molar-refractivity contribution is 0.327. The zero-order chi connectivity index (χ0) is 8.81. The molecule has 0 aromatic carbocycles. The summed E-state index contributed by atoms with van der Waals surface area (Å²) < 4.78 is 5.27. The van der Waals surface area contributed by atoms with Crippen LogP contribution < -0.4 is 10.5 Å². The molecule has 0 saturated carbocycles. The molecule has 3 heteroatoms. The number of aryl methyl sites for hydroxylation is 1. The molecule has 0 unspecified atom stereocenters. The molecule has 1 heterocycles. The number of nitrogens with zero attached hydrogens (tertiary/aromatic N) is 1. The molecule has 0 aliphatic carbocycles. The van der Waals surface area contributed by atoms with Gasteiger partial charge in [0.1, 0.15) is 12.4 Å². The first kappa shape index (κ1) is 9.00. The molecule has 3 nitrogen and oxygen atoms in total. The highest BCUT2D eigenvalue weighted by Gasteiger charge is 1.93. The summed E-state index contributed by atoms with van der Waals surface area (Å²) in [7, 11) is 0. The van der Waals surface area contributed by atoms with Crippen molar-refractivity contribution >= 4 is 0 Å². The molecule has 1 aromatic rings. The van der Waals surface area contributed by atoms with Crippen LogP contribution in [0.1, 0.15) is 12.6 Å². The highest BCUT2D eigenvalue weighted by molar-refractivity contribution is 5.19. The molecule has 1 rings (SSSR count). The normalized spacial score (nSPS) is 9.83. The van der Waals surface area contributed by atoms with Gasteiger partial charge in [-0.05, 0) is 18.6 Å². The van der Waals surface area contributed by atoms with Gasteiger partial charge >= 0.3 is 0 Å². The van der Waals surface area contributed by atoms with Crippen molar-refractivity contribution < 1.29 is 4.74 Å². The Kier molecular flexibility index (Phi) is 3.54. The molecular formula is C9H14N2O. The standard InChI is InChI=1S/C9H14N2O/c1-2-8-3-4-9(7-11-8)12-6-5-10/h3-4,7H,2,5-6,10H2,1H3. The van der Waals surface area contributed by atoms with Gasteiger partial charge in [-0.25, -0.2) is 0 Å². The third-order valence-electron chi connectivity index (χ3n) is 1.55. The number of hydrogen-bond acceptors (Lipinski definition) is 3. The summed E-state index contributed by atoms with van der Waals surface area (Å²) in [5, 5.41) is 0. The van der Waals surface area contributed by atoms with Crippen LogP contribution in [0.25, 0.3) is 0 Å². The number of ether oxygens (including phenoxy) is 1. The van der Waals surface area contributed by atoms with Crippen molar-refractivity contribution in [2.24, 2.45) is 5.73 Å². The van der Waals surface area contributed by atoms with E-state index in [2.05, 4.69) is 11.9 Å². The first-order valence-corrected chi connectivity index (χ1v) is 4.14. The summed E-state index contributed by atoms with van der Waals surface area (Å²) in [4.78, 5) is 4.18. The molecule has 0 aliphatic rings.